The molecule has 0 saturated carbocycles. The first-order chi connectivity index (χ1) is 9.92. The zero-order chi connectivity index (χ0) is 15.6. The summed E-state index contributed by atoms with van der Waals surface area (Å²) in [6.45, 7) is 10.9. The van der Waals surface area contributed by atoms with Gasteiger partial charge in [0.2, 0.25) is 0 Å². The molecule has 0 amide bonds. The number of piperidine rings is 2. The van der Waals surface area contributed by atoms with Gasteiger partial charge in [-0.15, -0.1) is 0 Å². The standard InChI is InChI=1S/C19H38N2/c1-7-16-8-9-20(5)18(13-16)19-12-15(4)11-17(21(19)6)10-14(2)3/h14-19H,7-13H2,1-6H3. The largest absolute Gasteiger partial charge is 0.302 e. The van der Waals surface area contributed by atoms with E-state index in [4.69, 9.17) is 0 Å². The fraction of sp³-hybridized carbons (Fsp3) is 1.00. The molecule has 5 atom stereocenters. The second-order valence-corrected chi connectivity index (χ2v) is 8.44. The molecule has 0 N–H and O–H groups in total. The number of hydrogen-bond acceptors (Lipinski definition) is 2. The molecule has 2 heterocycles. The number of likely N-dealkylation sites (tertiary alicyclic amines) is 2. The third-order valence-electron chi connectivity index (χ3n) is 6.21. The van der Waals surface area contributed by atoms with Gasteiger partial charge in [0.25, 0.3) is 0 Å². The lowest BCUT2D eigenvalue weighted by Gasteiger charge is -2.51. The van der Waals surface area contributed by atoms with Crippen LogP contribution < -0.4 is 0 Å². The van der Waals surface area contributed by atoms with E-state index in [-0.39, 0.29) is 0 Å². The Labute approximate surface area is 133 Å². The molecule has 2 fully saturated rings. The Morgan fingerprint density at radius 3 is 2.38 bits per heavy atom. The van der Waals surface area contributed by atoms with E-state index in [1.807, 2.05) is 0 Å². The van der Waals surface area contributed by atoms with Crippen LogP contribution in [-0.2, 0) is 0 Å². The summed E-state index contributed by atoms with van der Waals surface area (Å²) >= 11 is 0. The minimum atomic E-state index is 0.775. The van der Waals surface area contributed by atoms with E-state index in [0.29, 0.717) is 0 Å². The second kappa shape index (κ2) is 7.46. The third-order valence-corrected chi connectivity index (χ3v) is 6.21. The Bertz CT molecular complexity index is 313. The van der Waals surface area contributed by atoms with Crippen LogP contribution in [-0.4, -0.2) is 48.6 Å². The average molecular weight is 295 g/mol. The zero-order valence-electron chi connectivity index (χ0n) is 15.3. The van der Waals surface area contributed by atoms with Gasteiger partial charge in [0, 0.05) is 18.1 Å². The van der Waals surface area contributed by atoms with Crippen LogP contribution in [0.5, 0.6) is 0 Å². The van der Waals surface area contributed by atoms with Crippen molar-refractivity contribution in [3.63, 3.8) is 0 Å². The van der Waals surface area contributed by atoms with Crippen LogP contribution in [0.2, 0.25) is 0 Å². The summed E-state index contributed by atoms with van der Waals surface area (Å²) in [5.74, 6) is 2.67. The van der Waals surface area contributed by atoms with Gasteiger partial charge in [-0.2, -0.15) is 0 Å². The zero-order valence-corrected chi connectivity index (χ0v) is 15.3. The first-order valence-electron chi connectivity index (χ1n) is 9.34. The molecule has 5 unspecified atom stereocenters. The Hall–Kier alpha value is -0.0800. The molecule has 0 radical (unpaired) electrons. The lowest BCUT2D eigenvalue weighted by atomic mass is 9.77. The monoisotopic (exact) mass is 294 g/mol. The van der Waals surface area contributed by atoms with Gasteiger partial charge in [-0.25, -0.2) is 0 Å². The van der Waals surface area contributed by atoms with Crippen LogP contribution in [0.3, 0.4) is 0 Å². The van der Waals surface area contributed by atoms with Crippen LogP contribution in [0.1, 0.15) is 66.2 Å². The molecule has 2 aliphatic heterocycles. The fourth-order valence-corrected chi connectivity index (χ4v) is 4.82. The number of likely N-dealkylation sites (N-methyl/N-ethyl adjacent to an activating group) is 2. The Kier molecular flexibility index (Phi) is 6.14. The summed E-state index contributed by atoms with van der Waals surface area (Å²) in [5.41, 5.74) is 0. The van der Waals surface area contributed by atoms with E-state index >= 15 is 0 Å². The van der Waals surface area contributed by atoms with E-state index in [1.165, 1.54) is 45.1 Å². The summed E-state index contributed by atoms with van der Waals surface area (Å²) in [5, 5.41) is 0. The molecule has 124 valence electrons. The van der Waals surface area contributed by atoms with Crippen molar-refractivity contribution >= 4 is 0 Å². The maximum absolute atomic E-state index is 2.76. The van der Waals surface area contributed by atoms with Crippen molar-refractivity contribution < 1.29 is 0 Å². The van der Waals surface area contributed by atoms with E-state index in [1.54, 1.807) is 0 Å². The molecule has 0 aromatic heterocycles. The van der Waals surface area contributed by atoms with E-state index in [2.05, 4.69) is 51.6 Å². The highest BCUT2D eigenvalue weighted by Crippen LogP contribution is 2.36. The van der Waals surface area contributed by atoms with Gasteiger partial charge in [0.1, 0.15) is 0 Å². The van der Waals surface area contributed by atoms with Gasteiger partial charge in [0.15, 0.2) is 0 Å². The molecular formula is C19H38N2. The van der Waals surface area contributed by atoms with Crippen LogP contribution in [0, 0.1) is 17.8 Å². The number of hydrogen-bond donors (Lipinski definition) is 0. The highest BCUT2D eigenvalue weighted by atomic mass is 15.2. The minimum Gasteiger partial charge on any atom is -0.302 e. The van der Waals surface area contributed by atoms with Crippen molar-refractivity contribution in [2.75, 3.05) is 20.6 Å². The Morgan fingerprint density at radius 1 is 1.05 bits per heavy atom. The average Bonchev–Trinajstić information content (AvgIpc) is 2.42. The van der Waals surface area contributed by atoms with Crippen LogP contribution in [0.25, 0.3) is 0 Å². The van der Waals surface area contributed by atoms with Gasteiger partial charge in [-0.3, -0.25) is 4.90 Å². The molecule has 0 aromatic rings. The second-order valence-electron chi connectivity index (χ2n) is 8.44. The van der Waals surface area contributed by atoms with Crippen LogP contribution in [0.15, 0.2) is 0 Å². The lowest BCUT2D eigenvalue weighted by Crippen LogP contribution is -2.58. The van der Waals surface area contributed by atoms with Crippen LogP contribution in [0.4, 0.5) is 0 Å². The van der Waals surface area contributed by atoms with Crippen molar-refractivity contribution in [2.24, 2.45) is 17.8 Å². The van der Waals surface area contributed by atoms with Crippen molar-refractivity contribution in [3.8, 4) is 0 Å². The third kappa shape index (κ3) is 4.22. The van der Waals surface area contributed by atoms with Gasteiger partial charge in [-0.1, -0.05) is 34.1 Å². The predicted octanol–water partition coefficient (Wildman–Crippen LogP) is 4.25. The maximum atomic E-state index is 2.76. The molecule has 2 saturated heterocycles. The SMILES string of the molecule is CCC1CCN(C)C(C2CC(C)CC(CC(C)C)N2C)C1. The van der Waals surface area contributed by atoms with Crippen LogP contribution >= 0.6 is 0 Å². The summed E-state index contributed by atoms with van der Waals surface area (Å²) in [4.78, 5) is 5.43. The summed E-state index contributed by atoms with van der Waals surface area (Å²) < 4.78 is 0. The maximum Gasteiger partial charge on any atom is 0.0254 e. The summed E-state index contributed by atoms with van der Waals surface area (Å²) in [6.07, 6.45) is 8.36. The molecule has 0 spiro atoms. The Morgan fingerprint density at radius 2 is 1.76 bits per heavy atom. The fourth-order valence-electron chi connectivity index (χ4n) is 4.82. The molecule has 2 rings (SSSR count). The molecule has 2 heteroatoms. The molecule has 2 aliphatic rings. The number of rotatable bonds is 4. The molecule has 21 heavy (non-hydrogen) atoms. The summed E-state index contributed by atoms with van der Waals surface area (Å²) in [6, 6.07) is 2.36. The molecule has 0 aliphatic carbocycles. The highest BCUT2D eigenvalue weighted by Gasteiger charge is 2.39. The van der Waals surface area contributed by atoms with Crippen molar-refractivity contribution in [1.29, 1.82) is 0 Å². The van der Waals surface area contributed by atoms with Crippen molar-refractivity contribution in [1.82, 2.24) is 9.80 Å². The van der Waals surface area contributed by atoms with E-state index < -0.39 is 0 Å². The predicted molar refractivity (Wildman–Crippen MR) is 92.6 cm³/mol. The van der Waals surface area contributed by atoms with E-state index in [0.717, 1.165) is 35.9 Å². The van der Waals surface area contributed by atoms with Gasteiger partial charge < -0.3 is 4.90 Å². The van der Waals surface area contributed by atoms with Crippen molar-refractivity contribution in [3.05, 3.63) is 0 Å². The van der Waals surface area contributed by atoms with Crippen molar-refractivity contribution in [2.45, 2.75) is 84.3 Å². The number of nitrogens with zero attached hydrogens (tertiary/aromatic N) is 2. The first kappa shape index (κ1) is 17.3. The minimum absolute atomic E-state index is 0.775. The molecule has 2 nitrogen and oxygen atoms in total. The van der Waals surface area contributed by atoms with Gasteiger partial charge >= 0.3 is 0 Å². The normalized spacial score (nSPS) is 39.9. The van der Waals surface area contributed by atoms with E-state index in [9.17, 15) is 0 Å². The smallest absolute Gasteiger partial charge is 0.0254 e. The topological polar surface area (TPSA) is 6.48 Å². The first-order valence-corrected chi connectivity index (χ1v) is 9.34. The highest BCUT2D eigenvalue weighted by molar-refractivity contribution is 4.95. The summed E-state index contributed by atoms with van der Waals surface area (Å²) in [7, 11) is 4.77. The quantitative estimate of drug-likeness (QED) is 0.765. The van der Waals surface area contributed by atoms with Gasteiger partial charge in [0.05, 0.1) is 0 Å². The van der Waals surface area contributed by atoms with Gasteiger partial charge in [-0.05, 0) is 70.5 Å². The lowest BCUT2D eigenvalue weighted by molar-refractivity contribution is -0.00554. The molecule has 0 aromatic carbocycles. The molecular weight excluding hydrogens is 256 g/mol. The molecule has 0 bridgehead atoms. The Balaban J connectivity index is 2.08.